The molecule has 12 heteroatoms. The van der Waals surface area contributed by atoms with Crippen molar-refractivity contribution in [3.05, 3.63) is 47.8 Å². The van der Waals surface area contributed by atoms with Gasteiger partial charge in [-0.25, -0.2) is 13.8 Å². The van der Waals surface area contributed by atoms with Crippen molar-refractivity contribution in [3.8, 4) is 11.5 Å². The fraction of sp³-hybridized carbons (Fsp3) is 0.517. The molecule has 0 bridgehead atoms. The van der Waals surface area contributed by atoms with Crippen LogP contribution in [0.25, 0.3) is 11.0 Å². The number of anilines is 1. The van der Waals surface area contributed by atoms with Gasteiger partial charge in [0.25, 0.3) is 0 Å². The van der Waals surface area contributed by atoms with Gasteiger partial charge in [0.2, 0.25) is 0 Å². The Kier molecular flexibility index (Phi) is 10.0. The van der Waals surface area contributed by atoms with E-state index < -0.39 is 30.9 Å². The zero-order valence-corrected chi connectivity index (χ0v) is 26.2. The van der Waals surface area contributed by atoms with Crippen LogP contribution in [-0.4, -0.2) is 60.8 Å². The van der Waals surface area contributed by atoms with E-state index in [1.54, 1.807) is 12.3 Å². The van der Waals surface area contributed by atoms with E-state index in [0.29, 0.717) is 56.3 Å². The average molecular weight is 607 g/mol. The van der Waals surface area contributed by atoms with Gasteiger partial charge in [-0.05, 0) is 42.2 Å². The quantitative estimate of drug-likeness (QED) is 0.127. The van der Waals surface area contributed by atoms with E-state index in [1.165, 1.54) is 0 Å². The molecule has 1 atom stereocenters. The molecule has 1 saturated heterocycles. The third-order valence-corrected chi connectivity index (χ3v) is 9.16. The summed E-state index contributed by atoms with van der Waals surface area (Å²) in [5.74, 6) is -1.85. The largest absolute Gasteiger partial charge is 0.450 e. The van der Waals surface area contributed by atoms with Gasteiger partial charge in [0.15, 0.2) is 22.5 Å². The number of aliphatic hydroxyl groups excluding tert-OH is 1. The lowest BCUT2D eigenvalue weighted by Crippen LogP contribution is -2.42. The van der Waals surface area contributed by atoms with Crippen LogP contribution in [0, 0.1) is 17.0 Å². The Morgan fingerprint density at radius 3 is 2.61 bits per heavy atom. The topological polar surface area (TPSA) is 89.8 Å². The number of nitrogens with one attached hydrogen (secondary N) is 2. The van der Waals surface area contributed by atoms with Crippen LogP contribution in [0.1, 0.15) is 31.7 Å². The van der Waals surface area contributed by atoms with Gasteiger partial charge < -0.3 is 34.5 Å². The molecule has 3 heterocycles. The lowest BCUT2D eigenvalue weighted by atomic mass is 9.88. The number of halogens is 2. The summed E-state index contributed by atoms with van der Waals surface area (Å²) in [6, 6.07) is 4.92. The average Bonchev–Trinajstić information content (AvgIpc) is 3.53. The van der Waals surface area contributed by atoms with Crippen LogP contribution in [0.3, 0.4) is 0 Å². The summed E-state index contributed by atoms with van der Waals surface area (Å²) in [7, 11) is -1.22. The first-order valence-corrected chi connectivity index (χ1v) is 18.0. The highest BCUT2D eigenvalue weighted by atomic mass is 32.1. The van der Waals surface area contributed by atoms with Crippen LogP contribution in [0.15, 0.2) is 30.6 Å². The summed E-state index contributed by atoms with van der Waals surface area (Å²) < 4.78 is 49.5. The second-order valence-corrected chi connectivity index (χ2v) is 18.2. The Balaban J connectivity index is 1.50. The van der Waals surface area contributed by atoms with Crippen molar-refractivity contribution >= 4 is 42.1 Å². The number of fused-ring (bicyclic) bond motifs is 1. The van der Waals surface area contributed by atoms with Gasteiger partial charge in [-0.1, -0.05) is 33.5 Å². The summed E-state index contributed by atoms with van der Waals surface area (Å²) in [4.78, 5) is 4.53. The van der Waals surface area contributed by atoms with Crippen LogP contribution in [0.4, 0.5) is 14.5 Å². The second kappa shape index (κ2) is 13.1. The summed E-state index contributed by atoms with van der Waals surface area (Å²) in [5, 5.41) is 16.4. The predicted octanol–water partition coefficient (Wildman–Crippen LogP) is 6.23. The SMILES string of the molecule is CC(C)c1cn(COCC[Si](C)(C)C)c2nccc(Oc3c(F)cc(NC(=S)NCC4(CO)CCOC4)cc3F)c12. The standard InChI is InChI=1S/C29H40F2N4O4SSi/c1-19(2)21-14-35(18-38-10-11-41(3,4)5)27-25(21)24(6-8-32-27)39-26-22(30)12-20(13-23(26)31)34-28(40)33-15-29(16-36)7-9-37-17-29/h6,8,12-14,19,36H,7,9-11,15-18H2,1-5H3,(H2,33,34,40). The van der Waals surface area contributed by atoms with E-state index >= 15 is 8.78 Å². The lowest BCUT2D eigenvalue weighted by molar-refractivity contribution is 0.0898. The number of nitrogens with zero attached hydrogens (tertiary/aromatic N) is 2. The minimum absolute atomic E-state index is 0.0479. The molecule has 224 valence electrons. The van der Waals surface area contributed by atoms with Crippen molar-refractivity contribution in [1.82, 2.24) is 14.9 Å². The van der Waals surface area contributed by atoms with Crippen LogP contribution in [-0.2, 0) is 16.2 Å². The Morgan fingerprint density at radius 2 is 2.00 bits per heavy atom. The smallest absolute Gasteiger partial charge is 0.198 e. The van der Waals surface area contributed by atoms with Crippen molar-refractivity contribution in [2.75, 3.05) is 38.3 Å². The second-order valence-electron chi connectivity index (χ2n) is 12.2. The molecule has 0 saturated carbocycles. The fourth-order valence-electron chi connectivity index (χ4n) is 4.63. The maximum absolute atomic E-state index is 15.2. The molecule has 1 aromatic carbocycles. The van der Waals surface area contributed by atoms with Crippen molar-refractivity contribution in [3.63, 3.8) is 0 Å². The highest BCUT2D eigenvalue weighted by Gasteiger charge is 2.34. The molecule has 0 aliphatic carbocycles. The Hall–Kier alpha value is -2.64. The van der Waals surface area contributed by atoms with Gasteiger partial charge >= 0.3 is 0 Å². The summed E-state index contributed by atoms with van der Waals surface area (Å²) >= 11 is 5.30. The lowest BCUT2D eigenvalue weighted by Gasteiger charge is -2.25. The highest BCUT2D eigenvalue weighted by molar-refractivity contribution is 7.80. The number of pyridine rings is 1. The zero-order valence-electron chi connectivity index (χ0n) is 24.4. The molecule has 41 heavy (non-hydrogen) atoms. The van der Waals surface area contributed by atoms with E-state index in [0.717, 1.165) is 23.7 Å². The van der Waals surface area contributed by atoms with Crippen LogP contribution < -0.4 is 15.4 Å². The number of hydrogen-bond acceptors (Lipinski definition) is 6. The highest BCUT2D eigenvalue weighted by Crippen LogP contribution is 2.38. The summed E-state index contributed by atoms with van der Waals surface area (Å²) in [5.41, 5.74) is 1.28. The van der Waals surface area contributed by atoms with Crippen molar-refractivity contribution in [2.45, 2.75) is 58.6 Å². The summed E-state index contributed by atoms with van der Waals surface area (Å²) in [6.45, 7) is 13.3. The zero-order chi connectivity index (χ0) is 29.8. The van der Waals surface area contributed by atoms with Crippen LogP contribution in [0.5, 0.6) is 11.5 Å². The third kappa shape index (κ3) is 7.80. The Bertz CT molecular complexity index is 1350. The molecular formula is C29H40F2N4O4SSi. The normalized spacial score (nSPS) is 17.4. The molecule has 0 spiro atoms. The molecule has 0 amide bonds. The Labute approximate surface area is 246 Å². The van der Waals surface area contributed by atoms with E-state index in [4.69, 9.17) is 26.4 Å². The Morgan fingerprint density at radius 1 is 1.27 bits per heavy atom. The minimum atomic E-state index is -1.22. The first kappa shape index (κ1) is 31.3. The van der Waals surface area contributed by atoms with Gasteiger partial charge in [-0.15, -0.1) is 0 Å². The molecule has 3 aromatic rings. The van der Waals surface area contributed by atoms with E-state index in [2.05, 4.69) is 35.3 Å². The molecule has 2 aromatic heterocycles. The molecule has 1 aliphatic heterocycles. The first-order valence-electron chi connectivity index (χ1n) is 13.9. The van der Waals surface area contributed by atoms with Crippen molar-refractivity contribution in [1.29, 1.82) is 0 Å². The molecule has 1 fully saturated rings. The number of thiocarbonyl (C=S) groups is 1. The number of hydrogen-bond donors (Lipinski definition) is 3. The van der Waals surface area contributed by atoms with E-state index in [9.17, 15) is 5.11 Å². The molecule has 1 unspecified atom stereocenters. The molecular weight excluding hydrogens is 566 g/mol. The fourth-order valence-corrected chi connectivity index (χ4v) is 5.58. The minimum Gasteiger partial charge on any atom is -0.450 e. The van der Waals surface area contributed by atoms with Gasteiger partial charge in [0, 0.05) is 63.5 Å². The van der Waals surface area contributed by atoms with E-state index in [1.807, 2.05) is 24.6 Å². The van der Waals surface area contributed by atoms with Gasteiger partial charge in [0.1, 0.15) is 18.1 Å². The summed E-state index contributed by atoms with van der Waals surface area (Å²) in [6.07, 6.45) is 4.23. The monoisotopic (exact) mass is 606 g/mol. The van der Waals surface area contributed by atoms with Crippen LogP contribution in [0.2, 0.25) is 25.7 Å². The number of ether oxygens (including phenoxy) is 3. The molecule has 3 N–H and O–H groups in total. The van der Waals surface area contributed by atoms with Gasteiger partial charge in [-0.2, -0.15) is 0 Å². The van der Waals surface area contributed by atoms with Crippen LogP contribution >= 0.6 is 12.2 Å². The molecule has 1 aliphatic rings. The number of benzene rings is 1. The molecule has 0 radical (unpaired) electrons. The number of aliphatic hydroxyl groups is 1. The third-order valence-electron chi connectivity index (χ3n) is 7.21. The van der Waals surface area contributed by atoms with Gasteiger partial charge in [0.05, 0.1) is 18.6 Å². The van der Waals surface area contributed by atoms with Gasteiger partial charge in [-0.3, -0.25) is 0 Å². The maximum Gasteiger partial charge on any atom is 0.198 e. The number of aromatic nitrogens is 2. The van der Waals surface area contributed by atoms with Crippen molar-refractivity contribution < 1.29 is 28.1 Å². The first-order chi connectivity index (χ1) is 19.4. The molecule has 4 rings (SSSR count). The number of rotatable bonds is 12. The predicted molar refractivity (Wildman–Crippen MR) is 164 cm³/mol. The van der Waals surface area contributed by atoms with Crippen molar-refractivity contribution in [2.24, 2.45) is 5.41 Å². The maximum atomic E-state index is 15.2. The molecule has 8 nitrogen and oxygen atoms in total. The van der Waals surface area contributed by atoms with E-state index in [-0.39, 0.29) is 23.3 Å².